The van der Waals surface area contributed by atoms with Gasteiger partial charge in [-0.3, -0.25) is 10.9 Å². The second kappa shape index (κ2) is 4.31. The molecule has 0 amide bonds. The Morgan fingerprint density at radius 2 is 2.12 bits per heavy atom. The van der Waals surface area contributed by atoms with E-state index < -0.39 is 0 Å². The maximum Gasteiger partial charge on any atom is 0.139 e. The summed E-state index contributed by atoms with van der Waals surface area (Å²) in [7, 11) is 0. The highest BCUT2D eigenvalue weighted by atomic mass is 16.5. The maximum absolute atomic E-state index is 5.34. The molecule has 2 N–H and O–H groups in total. The molecule has 1 aliphatic heterocycles. The molecule has 0 saturated carbocycles. The average molecular weight is 229 g/mol. The molecule has 0 spiro atoms. The highest BCUT2D eigenvalue weighted by Crippen LogP contribution is 2.32. The van der Waals surface area contributed by atoms with Gasteiger partial charge >= 0.3 is 0 Å². The molecule has 17 heavy (non-hydrogen) atoms. The minimum Gasteiger partial charge on any atom is -0.361 e. The fraction of sp³-hybridized carbons (Fsp3) is 0.308. The molecule has 1 unspecified atom stereocenters. The minimum absolute atomic E-state index is 0.288. The summed E-state index contributed by atoms with van der Waals surface area (Å²) >= 11 is 0. The predicted molar refractivity (Wildman–Crippen MR) is 65.2 cm³/mol. The lowest BCUT2D eigenvalue weighted by molar-refractivity contribution is 0.396. The Labute approximate surface area is 100.0 Å². The first-order chi connectivity index (χ1) is 8.36. The molecule has 2 aromatic rings. The summed E-state index contributed by atoms with van der Waals surface area (Å²) in [5, 5.41) is 4.19. The van der Waals surface area contributed by atoms with Gasteiger partial charge in [-0.25, -0.2) is 0 Å². The summed E-state index contributed by atoms with van der Waals surface area (Å²) in [5.41, 5.74) is 9.63. The molecule has 0 aliphatic carbocycles. The van der Waals surface area contributed by atoms with Crippen molar-refractivity contribution < 1.29 is 4.52 Å². The van der Waals surface area contributed by atoms with Crippen LogP contribution >= 0.6 is 0 Å². The number of aryl methyl sites for hydroxylation is 1. The van der Waals surface area contributed by atoms with Crippen LogP contribution in [0.4, 0.5) is 0 Å². The summed E-state index contributed by atoms with van der Waals surface area (Å²) in [4.78, 5) is 0. The Morgan fingerprint density at radius 3 is 2.82 bits per heavy atom. The van der Waals surface area contributed by atoms with Crippen molar-refractivity contribution in [2.24, 2.45) is 0 Å². The number of hydrogen-bond donors (Lipinski definition) is 2. The number of hydrogen-bond acceptors (Lipinski definition) is 4. The molecule has 0 bridgehead atoms. The zero-order chi connectivity index (χ0) is 11.7. The molecular weight excluding hydrogens is 214 g/mol. The summed E-state index contributed by atoms with van der Waals surface area (Å²) < 4.78 is 5.34. The topological polar surface area (TPSA) is 50.1 Å². The summed E-state index contributed by atoms with van der Waals surface area (Å²) in [6.45, 7) is 2.94. The first-order valence-electron chi connectivity index (χ1n) is 5.86. The largest absolute Gasteiger partial charge is 0.361 e. The van der Waals surface area contributed by atoms with Crippen LogP contribution in [-0.4, -0.2) is 11.7 Å². The van der Waals surface area contributed by atoms with Gasteiger partial charge < -0.3 is 4.52 Å². The Kier molecular flexibility index (Phi) is 2.66. The summed E-state index contributed by atoms with van der Waals surface area (Å²) in [6, 6.07) is 10.4. The first kappa shape index (κ1) is 10.5. The van der Waals surface area contributed by atoms with E-state index in [-0.39, 0.29) is 6.04 Å². The molecule has 1 aromatic carbocycles. The highest BCUT2D eigenvalue weighted by molar-refractivity contribution is 5.64. The van der Waals surface area contributed by atoms with E-state index in [0.717, 1.165) is 30.0 Å². The van der Waals surface area contributed by atoms with Crippen LogP contribution < -0.4 is 10.9 Å². The molecule has 1 atom stereocenters. The van der Waals surface area contributed by atoms with E-state index in [1.54, 1.807) is 0 Å². The van der Waals surface area contributed by atoms with Gasteiger partial charge in [-0.15, -0.1) is 0 Å². The number of aromatic nitrogens is 1. The standard InChI is InChI=1S/C13H15N3O/c1-9-12(11-7-8-14-15-11)13(16-17-9)10-5-3-2-4-6-10/h2-6,11,14-15H,7-8H2,1H3. The Hall–Kier alpha value is -1.65. The zero-order valence-corrected chi connectivity index (χ0v) is 9.73. The molecule has 3 rings (SSSR count). The number of hydrazine groups is 1. The third kappa shape index (κ3) is 1.85. The molecule has 1 fully saturated rings. The van der Waals surface area contributed by atoms with Gasteiger partial charge in [0.1, 0.15) is 11.5 Å². The van der Waals surface area contributed by atoms with Crippen molar-refractivity contribution in [1.29, 1.82) is 0 Å². The van der Waals surface area contributed by atoms with Gasteiger partial charge in [-0.05, 0) is 13.3 Å². The van der Waals surface area contributed by atoms with Crippen LogP contribution in [0.15, 0.2) is 34.9 Å². The van der Waals surface area contributed by atoms with Crippen molar-refractivity contribution in [2.75, 3.05) is 6.54 Å². The number of rotatable bonds is 2. The third-order valence-corrected chi connectivity index (χ3v) is 3.14. The van der Waals surface area contributed by atoms with Crippen LogP contribution in [0, 0.1) is 6.92 Å². The van der Waals surface area contributed by atoms with E-state index in [1.807, 2.05) is 25.1 Å². The van der Waals surface area contributed by atoms with Gasteiger partial charge in [0.25, 0.3) is 0 Å². The van der Waals surface area contributed by atoms with E-state index >= 15 is 0 Å². The highest BCUT2D eigenvalue weighted by Gasteiger charge is 2.25. The van der Waals surface area contributed by atoms with Gasteiger partial charge in [-0.1, -0.05) is 35.5 Å². The molecule has 88 valence electrons. The molecule has 1 aromatic heterocycles. The minimum atomic E-state index is 0.288. The Balaban J connectivity index is 2.06. The number of nitrogens with zero attached hydrogens (tertiary/aromatic N) is 1. The van der Waals surface area contributed by atoms with Gasteiger partial charge in [0.2, 0.25) is 0 Å². The number of benzene rings is 1. The normalized spacial score (nSPS) is 19.7. The van der Waals surface area contributed by atoms with Crippen LogP contribution in [-0.2, 0) is 0 Å². The van der Waals surface area contributed by atoms with Crippen molar-refractivity contribution in [3.8, 4) is 11.3 Å². The molecule has 1 aliphatic rings. The molecule has 1 saturated heterocycles. The molecule has 0 radical (unpaired) electrons. The van der Waals surface area contributed by atoms with Crippen LogP contribution in [0.25, 0.3) is 11.3 Å². The fourth-order valence-corrected chi connectivity index (χ4v) is 2.29. The van der Waals surface area contributed by atoms with Gasteiger partial charge in [0.15, 0.2) is 0 Å². The van der Waals surface area contributed by atoms with Crippen molar-refractivity contribution in [2.45, 2.75) is 19.4 Å². The van der Waals surface area contributed by atoms with Crippen molar-refractivity contribution >= 4 is 0 Å². The molecule has 4 nitrogen and oxygen atoms in total. The summed E-state index contributed by atoms with van der Waals surface area (Å²) in [5.74, 6) is 0.894. The second-order valence-electron chi connectivity index (χ2n) is 4.28. The predicted octanol–water partition coefficient (Wildman–Crippen LogP) is 2.19. The molecule has 4 heteroatoms. The van der Waals surface area contributed by atoms with Crippen LogP contribution in [0.1, 0.15) is 23.8 Å². The lowest BCUT2D eigenvalue weighted by Crippen LogP contribution is -2.25. The first-order valence-corrected chi connectivity index (χ1v) is 5.86. The summed E-state index contributed by atoms with van der Waals surface area (Å²) in [6.07, 6.45) is 1.06. The average Bonchev–Trinajstić information content (AvgIpc) is 2.99. The molecular formula is C13H15N3O. The maximum atomic E-state index is 5.34. The molecule has 2 heterocycles. The SMILES string of the molecule is Cc1onc(-c2ccccc2)c1C1CCNN1. The van der Waals surface area contributed by atoms with Crippen molar-refractivity contribution in [3.63, 3.8) is 0 Å². The van der Waals surface area contributed by atoms with Crippen LogP contribution in [0.3, 0.4) is 0 Å². The van der Waals surface area contributed by atoms with Crippen LogP contribution in [0.5, 0.6) is 0 Å². The van der Waals surface area contributed by atoms with Crippen molar-refractivity contribution in [3.05, 3.63) is 41.7 Å². The second-order valence-corrected chi connectivity index (χ2v) is 4.28. The zero-order valence-electron chi connectivity index (χ0n) is 9.73. The smallest absolute Gasteiger partial charge is 0.139 e. The van der Waals surface area contributed by atoms with E-state index in [0.29, 0.717) is 0 Å². The monoisotopic (exact) mass is 229 g/mol. The quantitative estimate of drug-likeness (QED) is 0.828. The lowest BCUT2D eigenvalue weighted by Gasteiger charge is -2.09. The van der Waals surface area contributed by atoms with Crippen molar-refractivity contribution in [1.82, 2.24) is 16.0 Å². The van der Waals surface area contributed by atoms with Gasteiger partial charge in [0.05, 0.1) is 6.04 Å². The van der Waals surface area contributed by atoms with Crippen LogP contribution in [0.2, 0.25) is 0 Å². The van der Waals surface area contributed by atoms with E-state index in [9.17, 15) is 0 Å². The Bertz CT molecular complexity index is 501. The van der Waals surface area contributed by atoms with E-state index in [1.165, 1.54) is 5.56 Å². The third-order valence-electron chi connectivity index (χ3n) is 3.14. The van der Waals surface area contributed by atoms with Gasteiger partial charge in [-0.2, -0.15) is 0 Å². The fourth-order valence-electron chi connectivity index (χ4n) is 2.29. The van der Waals surface area contributed by atoms with Gasteiger partial charge in [0, 0.05) is 17.7 Å². The Morgan fingerprint density at radius 1 is 1.29 bits per heavy atom. The lowest BCUT2D eigenvalue weighted by atomic mass is 9.99. The van der Waals surface area contributed by atoms with E-state index in [2.05, 4.69) is 28.1 Å². The van der Waals surface area contributed by atoms with E-state index in [4.69, 9.17) is 4.52 Å². The number of nitrogens with one attached hydrogen (secondary N) is 2.